The van der Waals surface area contributed by atoms with Crippen molar-refractivity contribution in [2.45, 2.75) is 0 Å². The monoisotopic (exact) mass is 349 g/mol. The summed E-state index contributed by atoms with van der Waals surface area (Å²) in [4.78, 5) is 0. The molecule has 3 nitrogen and oxygen atoms in total. The van der Waals surface area contributed by atoms with E-state index in [1.54, 1.807) is 0 Å². The summed E-state index contributed by atoms with van der Waals surface area (Å²) in [7, 11) is 0. The van der Waals surface area contributed by atoms with E-state index in [4.69, 9.17) is 5.73 Å². The van der Waals surface area contributed by atoms with Crippen molar-refractivity contribution in [3.05, 3.63) is 58.6 Å². The zero-order valence-corrected chi connectivity index (χ0v) is 12.3. The first-order valence-corrected chi connectivity index (χ1v) is 6.91. The molecule has 0 amide bonds. The number of nitrogens with one attached hydrogen (secondary N) is 1. The van der Waals surface area contributed by atoms with Crippen LogP contribution in [-0.2, 0) is 0 Å². The van der Waals surface area contributed by atoms with Crippen molar-refractivity contribution in [1.29, 1.82) is 0 Å². The number of hydrogen-bond donors (Lipinski definition) is 2. The molecule has 0 aliphatic rings. The Kier molecular flexibility index (Phi) is 3.47. The van der Waals surface area contributed by atoms with Crippen molar-refractivity contribution >= 4 is 21.7 Å². The van der Waals surface area contributed by atoms with E-state index in [-0.39, 0.29) is 11.4 Å². The van der Waals surface area contributed by atoms with Crippen LogP contribution >= 0.6 is 15.9 Å². The summed E-state index contributed by atoms with van der Waals surface area (Å²) in [5.41, 5.74) is 7.85. The van der Waals surface area contributed by atoms with Gasteiger partial charge < -0.3 is 5.73 Å². The molecule has 0 spiro atoms. The van der Waals surface area contributed by atoms with Gasteiger partial charge in [0.05, 0.1) is 11.3 Å². The number of benzene rings is 2. The smallest absolute Gasteiger partial charge is 0.153 e. The van der Waals surface area contributed by atoms with E-state index >= 15 is 0 Å². The van der Waals surface area contributed by atoms with Gasteiger partial charge in [0.15, 0.2) is 5.82 Å². The number of rotatable bonds is 2. The maximum Gasteiger partial charge on any atom is 0.153 e. The molecule has 3 aromatic rings. The van der Waals surface area contributed by atoms with Gasteiger partial charge in [0, 0.05) is 21.7 Å². The highest BCUT2D eigenvalue weighted by molar-refractivity contribution is 9.10. The number of nitrogens with two attached hydrogens (primary N) is 1. The molecule has 6 heteroatoms. The molecular weight excluding hydrogens is 340 g/mol. The quantitative estimate of drug-likeness (QED) is 0.721. The number of nitrogens with zero attached hydrogens (tertiary/aromatic N) is 1. The Morgan fingerprint density at radius 3 is 2.62 bits per heavy atom. The molecule has 0 aliphatic carbocycles. The predicted octanol–water partition coefficient (Wildman–Crippen LogP) is 4.37. The van der Waals surface area contributed by atoms with E-state index in [1.165, 1.54) is 12.1 Å². The molecule has 106 valence electrons. The molecule has 0 unspecified atom stereocenters. The third kappa shape index (κ3) is 2.54. The summed E-state index contributed by atoms with van der Waals surface area (Å²) in [6.45, 7) is 0. The summed E-state index contributed by atoms with van der Waals surface area (Å²) in [6.07, 6.45) is 0. The fourth-order valence-corrected chi connectivity index (χ4v) is 2.57. The van der Waals surface area contributed by atoms with Crippen molar-refractivity contribution in [3.8, 4) is 22.4 Å². The summed E-state index contributed by atoms with van der Waals surface area (Å²) in [5, 5.41) is 6.74. The highest BCUT2D eigenvalue weighted by Crippen LogP contribution is 2.36. The van der Waals surface area contributed by atoms with Crippen LogP contribution in [0.25, 0.3) is 22.4 Å². The van der Waals surface area contributed by atoms with Gasteiger partial charge in [-0.2, -0.15) is 5.10 Å². The molecule has 0 saturated carbocycles. The van der Waals surface area contributed by atoms with Gasteiger partial charge >= 0.3 is 0 Å². The first-order chi connectivity index (χ1) is 10.1. The molecular formula is C15H10BrF2N3. The van der Waals surface area contributed by atoms with Crippen LogP contribution in [-0.4, -0.2) is 10.2 Å². The number of anilines is 1. The second-order valence-electron chi connectivity index (χ2n) is 4.49. The Bertz CT molecular complexity index is 814. The van der Waals surface area contributed by atoms with Gasteiger partial charge in [-0.3, -0.25) is 5.10 Å². The average molecular weight is 350 g/mol. The zero-order chi connectivity index (χ0) is 15.0. The normalized spacial score (nSPS) is 10.8. The lowest BCUT2D eigenvalue weighted by Gasteiger charge is -2.06. The van der Waals surface area contributed by atoms with Gasteiger partial charge in [-0.1, -0.05) is 28.1 Å². The average Bonchev–Trinajstić information content (AvgIpc) is 2.81. The number of H-pyrrole nitrogens is 1. The van der Waals surface area contributed by atoms with Crippen LogP contribution in [0.3, 0.4) is 0 Å². The molecule has 21 heavy (non-hydrogen) atoms. The van der Waals surface area contributed by atoms with Crippen LogP contribution in [0.15, 0.2) is 46.9 Å². The second kappa shape index (κ2) is 5.29. The molecule has 0 radical (unpaired) electrons. The number of halogens is 3. The fourth-order valence-electron chi connectivity index (χ4n) is 2.17. The van der Waals surface area contributed by atoms with Gasteiger partial charge in [0.25, 0.3) is 0 Å². The Morgan fingerprint density at radius 1 is 1.10 bits per heavy atom. The number of aromatic amines is 1. The fraction of sp³-hybridized carbons (Fsp3) is 0. The molecule has 0 fully saturated rings. The van der Waals surface area contributed by atoms with E-state index in [0.717, 1.165) is 16.1 Å². The van der Waals surface area contributed by atoms with Crippen LogP contribution in [0, 0.1) is 11.6 Å². The first-order valence-electron chi connectivity index (χ1n) is 6.11. The third-order valence-corrected chi connectivity index (χ3v) is 3.60. The maximum atomic E-state index is 14.0. The predicted molar refractivity (Wildman–Crippen MR) is 81.5 cm³/mol. The van der Waals surface area contributed by atoms with E-state index in [9.17, 15) is 8.78 Å². The van der Waals surface area contributed by atoms with Crippen LogP contribution in [0.1, 0.15) is 0 Å². The minimum Gasteiger partial charge on any atom is -0.382 e. The highest BCUT2D eigenvalue weighted by Gasteiger charge is 2.18. The van der Waals surface area contributed by atoms with E-state index in [2.05, 4.69) is 26.1 Å². The lowest BCUT2D eigenvalue weighted by molar-refractivity contribution is 0.585. The minimum absolute atomic E-state index is 0.162. The molecule has 2 aromatic carbocycles. The van der Waals surface area contributed by atoms with Crippen molar-refractivity contribution in [2.75, 3.05) is 5.73 Å². The van der Waals surface area contributed by atoms with Crippen LogP contribution in [0.4, 0.5) is 14.6 Å². The molecule has 3 rings (SSSR count). The maximum absolute atomic E-state index is 14.0. The van der Waals surface area contributed by atoms with Gasteiger partial charge in [-0.15, -0.1) is 0 Å². The Balaban J connectivity index is 2.22. The molecule has 0 aliphatic heterocycles. The summed E-state index contributed by atoms with van der Waals surface area (Å²) in [6, 6.07) is 10.8. The lowest BCUT2D eigenvalue weighted by atomic mass is 10.0. The van der Waals surface area contributed by atoms with E-state index in [0.29, 0.717) is 11.3 Å². The molecule has 0 bridgehead atoms. The third-order valence-electron chi connectivity index (χ3n) is 3.11. The van der Waals surface area contributed by atoms with Crippen LogP contribution in [0.5, 0.6) is 0 Å². The van der Waals surface area contributed by atoms with E-state index < -0.39 is 11.6 Å². The molecule has 1 heterocycles. The number of nitrogen functional groups attached to an aromatic ring is 1. The van der Waals surface area contributed by atoms with Crippen LogP contribution < -0.4 is 5.73 Å². The van der Waals surface area contributed by atoms with Gasteiger partial charge in [0.2, 0.25) is 0 Å². The van der Waals surface area contributed by atoms with Crippen molar-refractivity contribution < 1.29 is 8.78 Å². The number of aromatic nitrogens is 2. The Labute approximate surface area is 127 Å². The number of hydrogen-bond acceptors (Lipinski definition) is 2. The highest BCUT2D eigenvalue weighted by atomic mass is 79.9. The van der Waals surface area contributed by atoms with Crippen molar-refractivity contribution in [2.24, 2.45) is 0 Å². The largest absolute Gasteiger partial charge is 0.382 e. The van der Waals surface area contributed by atoms with Crippen molar-refractivity contribution in [1.82, 2.24) is 10.2 Å². The molecule has 0 atom stereocenters. The summed E-state index contributed by atoms with van der Waals surface area (Å²) >= 11 is 3.38. The van der Waals surface area contributed by atoms with Crippen LogP contribution in [0.2, 0.25) is 0 Å². The van der Waals surface area contributed by atoms with Gasteiger partial charge in [-0.25, -0.2) is 8.78 Å². The van der Waals surface area contributed by atoms with Gasteiger partial charge in [0.1, 0.15) is 11.6 Å². The summed E-state index contributed by atoms with van der Waals surface area (Å²) in [5.74, 6) is -1.16. The Morgan fingerprint density at radius 2 is 1.90 bits per heavy atom. The zero-order valence-electron chi connectivity index (χ0n) is 10.7. The van der Waals surface area contributed by atoms with Crippen molar-refractivity contribution in [3.63, 3.8) is 0 Å². The minimum atomic E-state index is -0.681. The topological polar surface area (TPSA) is 54.7 Å². The standard InChI is InChI=1S/C15H10BrF2N3/c16-9-3-1-2-8(6-9)14-13(15(19)21-20-14)11-5-4-10(17)7-12(11)18/h1-7H,(H3,19,20,21). The first kappa shape index (κ1) is 13.8. The SMILES string of the molecule is Nc1n[nH]c(-c2cccc(Br)c2)c1-c1ccc(F)cc1F. The van der Waals surface area contributed by atoms with E-state index in [1.807, 2.05) is 24.3 Å². The molecule has 1 aromatic heterocycles. The lowest BCUT2D eigenvalue weighted by Crippen LogP contribution is -1.92. The summed E-state index contributed by atoms with van der Waals surface area (Å²) < 4.78 is 28.0. The van der Waals surface area contributed by atoms with Gasteiger partial charge in [-0.05, 0) is 24.3 Å². The molecule has 0 saturated heterocycles. The molecule has 3 N–H and O–H groups in total. The Hall–Kier alpha value is -2.21. The second-order valence-corrected chi connectivity index (χ2v) is 5.41.